The van der Waals surface area contributed by atoms with Gasteiger partial charge in [0, 0.05) is 54.0 Å². The second kappa shape index (κ2) is 9.00. The van der Waals surface area contributed by atoms with Crippen molar-refractivity contribution in [3.63, 3.8) is 0 Å². The summed E-state index contributed by atoms with van der Waals surface area (Å²) in [5.41, 5.74) is 9.38. The van der Waals surface area contributed by atoms with Crippen molar-refractivity contribution in [2.24, 2.45) is 5.73 Å². The molecule has 0 radical (unpaired) electrons. The minimum Gasteiger partial charge on any atom is -0.372 e. The van der Waals surface area contributed by atoms with Crippen molar-refractivity contribution < 1.29 is 9.47 Å². The van der Waals surface area contributed by atoms with Gasteiger partial charge in [0.25, 0.3) is 0 Å². The van der Waals surface area contributed by atoms with E-state index < -0.39 is 0 Å². The van der Waals surface area contributed by atoms with E-state index in [-0.39, 0.29) is 18.2 Å². The number of nitrogens with two attached hydrogens (primary N) is 1. The van der Waals surface area contributed by atoms with Crippen LogP contribution in [0.5, 0.6) is 0 Å². The lowest BCUT2D eigenvalue weighted by atomic mass is 9.94. The number of aryl methyl sites for hydroxylation is 1. The van der Waals surface area contributed by atoms with Crippen molar-refractivity contribution in [2.75, 3.05) is 43.5 Å². The highest BCUT2D eigenvalue weighted by molar-refractivity contribution is 8.00. The van der Waals surface area contributed by atoms with Gasteiger partial charge in [0.2, 0.25) is 0 Å². The number of hydrogen-bond acceptors (Lipinski definition) is 8. The Morgan fingerprint density at radius 2 is 2.06 bits per heavy atom. The molecule has 4 aliphatic rings. The SMILES string of the molecule is Cc1cn2nc([C@@H]3CCCCN3C(C)C3SCC4OCCOC43)cc2nc1N1CC[C@H](N)C1. The van der Waals surface area contributed by atoms with Gasteiger partial charge < -0.3 is 20.1 Å². The van der Waals surface area contributed by atoms with E-state index in [1.165, 1.54) is 12.8 Å². The third kappa shape index (κ3) is 4.05. The van der Waals surface area contributed by atoms with Crippen molar-refractivity contribution in [1.29, 1.82) is 0 Å². The molecule has 8 nitrogen and oxygen atoms in total. The zero-order valence-corrected chi connectivity index (χ0v) is 20.5. The lowest BCUT2D eigenvalue weighted by molar-refractivity contribution is -0.130. The molecule has 4 fully saturated rings. The minimum absolute atomic E-state index is 0.209. The molecule has 4 aliphatic heterocycles. The monoisotopic (exact) mass is 472 g/mol. The number of hydrogen-bond donors (Lipinski definition) is 1. The van der Waals surface area contributed by atoms with Crippen LogP contribution in [0.2, 0.25) is 0 Å². The average Bonchev–Trinajstić information content (AvgIpc) is 3.55. The Hall–Kier alpha value is -1.39. The maximum absolute atomic E-state index is 6.18. The van der Waals surface area contributed by atoms with Crippen LogP contribution in [0.1, 0.15) is 49.9 Å². The topological polar surface area (TPSA) is 81.2 Å². The molecule has 0 aliphatic carbocycles. The van der Waals surface area contributed by atoms with Crippen molar-refractivity contribution >= 4 is 23.2 Å². The van der Waals surface area contributed by atoms with Gasteiger partial charge in [-0.1, -0.05) is 6.42 Å². The molecule has 33 heavy (non-hydrogen) atoms. The molecule has 4 unspecified atom stereocenters. The normalized spacial score (nSPS) is 34.2. The van der Waals surface area contributed by atoms with E-state index >= 15 is 0 Å². The van der Waals surface area contributed by atoms with Crippen LogP contribution in [-0.4, -0.2) is 87.6 Å². The van der Waals surface area contributed by atoms with Crippen LogP contribution in [0.3, 0.4) is 0 Å². The van der Waals surface area contributed by atoms with Gasteiger partial charge in [0.15, 0.2) is 5.65 Å². The lowest BCUT2D eigenvalue weighted by Gasteiger charge is -2.43. The lowest BCUT2D eigenvalue weighted by Crippen LogP contribution is -2.51. The molecular formula is C24H36N6O2S. The highest BCUT2D eigenvalue weighted by Crippen LogP contribution is 2.41. The molecule has 0 saturated carbocycles. The predicted octanol–water partition coefficient (Wildman–Crippen LogP) is 2.39. The molecule has 9 heteroatoms. The Bertz CT molecular complexity index is 1000. The average molecular weight is 473 g/mol. The Morgan fingerprint density at radius 3 is 2.91 bits per heavy atom. The van der Waals surface area contributed by atoms with Crippen LogP contribution >= 0.6 is 11.8 Å². The van der Waals surface area contributed by atoms with E-state index in [0.717, 1.165) is 74.2 Å². The third-order valence-corrected chi connectivity index (χ3v) is 9.47. The van der Waals surface area contributed by atoms with Crippen LogP contribution in [0.25, 0.3) is 5.65 Å². The second-order valence-corrected chi connectivity index (χ2v) is 11.4. The fourth-order valence-corrected chi connectivity index (χ4v) is 7.76. The first-order valence-electron chi connectivity index (χ1n) is 12.6. The summed E-state index contributed by atoms with van der Waals surface area (Å²) in [6.45, 7) is 8.92. The highest BCUT2D eigenvalue weighted by Gasteiger charge is 2.46. The molecule has 0 aromatic carbocycles. The van der Waals surface area contributed by atoms with Crippen molar-refractivity contribution in [1.82, 2.24) is 19.5 Å². The third-order valence-electron chi connectivity index (χ3n) is 7.90. The smallest absolute Gasteiger partial charge is 0.157 e. The molecule has 6 rings (SSSR count). The zero-order chi connectivity index (χ0) is 22.5. The predicted molar refractivity (Wildman–Crippen MR) is 131 cm³/mol. The number of thioether (sulfide) groups is 1. The van der Waals surface area contributed by atoms with E-state index in [1.54, 1.807) is 0 Å². The molecule has 4 saturated heterocycles. The summed E-state index contributed by atoms with van der Waals surface area (Å²) < 4.78 is 14.1. The van der Waals surface area contributed by atoms with Crippen LogP contribution in [0.15, 0.2) is 12.3 Å². The number of likely N-dealkylation sites (tertiary alicyclic amines) is 1. The minimum atomic E-state index is 0.209. The van der Waals surface area contributed by atoms with Crippen LogP contribution < -0.4 is 10.6 Å². The summed E-state index contributed by atoms with van der Waals surface area (Å²) >= 11 is 2.02. The van der Waals surface area contributed by atoms with Gasteiger partial charge in [-0.25, -0.2) is 9.50 Å². The molecule has 6 atom stereocenters. The zero-order valence-electron chi connectivity index (χ0n) is 19.7. The summed E-state index contributed by atoms with van der Waals surface area (Å²) in [7, 11) is 0. The maximum Gasteiger partial charge on any atom is 0.157 e. The van der Waals surface area contributed by atoms with Gasteiger partial charge in [0.1, 0.15) is 5.82 Å². The molecule has 2 aromatic rings. The first-order chi connectivity index (χ1) is 16.1. The standard InChI is InChI=1S/C24H36N6O2S/c1-15-12-30-21(26-24(15)28-8-6-17(25)13-28)11-18(27-30)19-5-3-4-7-29(19)16(2)23-22-20(14-33-23)31-9-10-32-22/h11-12,16-17,19-20,22-23H,3-10,13-14,25H2,1-2H3/t16?,17-,19-,20?,22?,23?/m0/s1. The Labute approximate surface area is 200 Å². The van der Waals surface area contributed by atoms with Crippen LogP contribution in [0, 0.1) is 6.92 Å². The van der Waals surface area contributed by atoms with Gasteiger partial charge in [-0.2, -0.15) is 16.9 Å². The fraction of sp³-hybridized carbons (Fsp3) is 0.750. The maximum atomic E-state index is 6.18. The Balaban J connectivity index is 1.27. The van der Waals surface area contributed by atoms with E-state index in [0.29, 0.717) is 17.3 Å². The molecule has 2 N–H and O–H groups in total. The number of aromatic nitrogens is 3. The van der Waals surface area contributed by atoms with Crippen molar-refractivity contribution in [3.8, 4) is 0 Å². The summed E-state index contributed by atoms with van der Waals surface area (Å²) in [5.74, 6) is 2.09. The van der Waals surface area contributed by atoms with Gasteiger partial charge >= 0.3 is 0 Å². The summed E-state index contributed by atoms with van der Waals surface area (Å²) in [6.07, 6.45) is 7.25. The fourth-order valence-electron chi connectivity index (χ4n) is 6.18. The van der Waals surface area contributed by atoms with Gasteiger partial charge in [0.05, 0.1) is 37.2 Å². The molecule has 2 aromatic heterocycles. The second-order valence-electron chi connectivity index (χ2n) is 10.1. The molecule has 6 heterocycles. The number of nitrogens with zero attached hydrogens (tertiary/aromatic N) is 5. The van der Waals surface area contributed by atoms with E-state index in [9.17, 15) is 0 Å². The molecule has 180 valence electrons. The quantitative estimate of drug-likeness (QED) is 0.727. The Kier molecular flexibility index (Phi) is 6.03. The first-order valence-corrected chi connectivity index (χ1v) is 13.6. The van der Waals surface area contributed by atoms with Crippen molar-refractivity contribution in [3.05, 3.63) is 23.5 Å². The van der Waals surface area contributed by atoms with Crippen molar-refractivity contribution in [2.45, 2.75) is 75.1 Å². The van der Waals surface area contributed by atoms with E-state index in [4.69, 9.17) is 25.3 Å². The molecule has 0 bridgehead atoms. The molecule has 0 spiro atoms. The Morgan fingerprint density at radius 1 is 1.18 bits per heavy atom. The summed E-state index contributed by atoms with van der Waals surface area (Å²) in [5, 5.41) is 5.47. The van der Waals surface area contributed by atoms with Crippen LogP contribution in [0.4, 0.5) is 5.82 Å². The highest BCUT2D eigenvalue weighted by atomic mass is 32.2. The molecular weight excluding hydrogens is 436 g/mol. The van der Waals surface area contributed by atoms with E-state index in [2.05, 4.69) is 35.9 Å². The van der Waals surface area contributed by atoms with Gasteiger partial charge in [-0.05, 0) is 39.7 Å². The number of anilines is 1. The van der Waals surface area contributed by atoms with Gasteiger partial charge in [-0.15, -0.1) is 0 Å². The van der Waals surface area contributed by atoms with Crippen LogP contribution in [-0.2, 0) is 9.47 Å². The number of ether oxygens (including phenoxy) is 2. The largest absolute Gasteiger partial charge is 0.372 e. The number of rotatable bonds is 4. The number of piperidine rings is 1. The number of fused-ring (bicyclic) bond motifs is 2. The summed E-state index contributed by atoms with van der Waals surface area (Å²) in [4.78, 5) is 10.0. The first kappa shape index (κ1) is 22.1. The van der Waals surface area contributed by atoms with Gasteiger partial charge in [-0.3, -0.25) is 4.90 Å². The van der Waals surface area contributed by atoms with E-state index in [1.807, 2.05) is 16.3 Å². The molecule has 0 amide bonds. The summed E-state index contributed by atoms with van der Waals surface area (Å²) in [6, 6.07) is 3.19.